The molecule has 5 heterocycles. The van der Waals surface area contributed by atoms with Gasteiger partial charge < -0.3 is 146 Å². The summed E-state index contributed by atoms with van der Waals surface area (Å²) in [4.78, 5) is 87.2. The Morgan fingerprint density at radius 3 is 1.67 bits per heavy atom. The third-order valence-electron chi connectivity index (χ3n) is 16.4. The highest BCUT2D eigenvalue weighted by Crippen LogP contribution is 2.49. The third-order valence-corrected chi connectivity index (χ3v) is 17.3. The number of hydrogen-bond acceptors (Lipinski definition) is 31. The average Bonchev–Trinajstić information content (AvgIpc) is 0.754. The fraction of sp³-hybridized carbons (Fsp3) is 0.891. The Morgan fingerprint density at radius 1 is 0.606 bits per heavy atom. The Labute approximate surface area is 541 Å². The van der Waals surface area contributed by atoms with Crippen molar-refractivity contribution in [2.75, 3.05) is 39.5 Å². The summed E-state index contributed by atoms with van der Waals surface area (Å²) in [5.74, 6) is -6.35. The molecule has 5 amide bonds. The van der Waals surface area contributed by atoms with Crippen LogP contribution >= 0.6 is 7.82 Å². The van der Waals surface area contributed by atoms with E-state index in [0.717, 1.165) is 52.9 Å². The van der Waals surface area contributed by atoms with Crippen molar-refractivity contribution >= 4 is 43.5 Å². The van der Waals surface area contributed by atoms with Crippen LogP contribution in [0, 0.1) is 0 Å². The van der Waals surface area contributed by atoms with E-state index in [9.17, 15) is 94.4 Å². The van der Waals surface area contributed by atoms with E-state index in [1.165, 1.54) is 51.9 Å². The first-order chi connectivity index (χ1) is 44.3. The normalized spacial score (nSPS) is 38.0. The lowest BCUT2D eigenvalue weighted by molar-refractivity contribution is -0.375. The molecule has 5 aliphatic rings. The molecule has 0 spiro atoms. The van der Waals surface area contributed by atoms with Gasteiger partial charge in [0, 0.05) is 20.4 Å². The van der Waals surface area contributed by atoms with E-state index in [1.807, 2.05) is 0 Å². The molecule has 0 saturated carbocycles. The fourth-order valence-corrected chi connectivity index (χ4v) is 12.2. The molecule has 38 nitrogen and oxygen atoms in total. The van der Waals surface area contributed by atoms with Crippen LogP contribution in [0.5, 0.6) is 0 Å². The second-order valence-corrected chi connectivity index (χ2v) is 25.3. The molecule has 0 aromatic rings. The summed E-state index contributed by atoms with van der Waals surface area (Å²) in [6.45, 7) is 3.50. The summed E-state index contributed by atoms with van der Waals surface area (Å²) in [6.07, 6.45) is -35.4. The first-order valence-corrected chi connectivity index (χ1v) is 32.7. The molecular weight excluding hydrogens is 1290 g/mol. The molecule has 39 heteroatoms. The van der Waals surface area contributed by atoms with Crippen molar-refractivity contribution in [1.82, 2.24) is 16.0 Å². The second-order valence-electron chi connectivity index (χ2n) is 23.9. The molecule has 27 atom stereocenters. The number of nitrogens with one attached hydrogen (secondary N) is 3. The molecule has 5 fully saturated rings. The Kier molecular flexibility index (Phi) is 32.3. The number of unbranched alkanes of at least 4 members (excludes halogenated alkanes) is 11. The van der Waals surface area contributed by atoms with Gasteiger partial charge in [-0.05, 0) is 26.8 Å². The molecule has 0 aliphatic carbocycles. The van der Waals surface area contributed by atoms with Crippen molar-refractivity contribution in [2.45, 2.75) is 271 Å². The summed E-state index contributed by atoms with van der Waals surface area (Å²) in [5.41, 5.74) is 13.4. The van der Waals surface area contributed by atoms with Gasteiger partial charge in [-0.15, -0.1) is 0 Å². The molecule has 0 aromatic carbocycles. The standard InChI is InChI=1S/C55H97N6O32P/c1-6-7-8-9-10-11-12-13-14-15-16-17-18-59-19-20-81-29(48(75)76)23-83-94(79,80)93-53-43(44(92-54(58)77)55(5,78)45(91-53)47(57)74)90-50-31(61-26(4)64)34(67)41(28(86-50)22-82-51-38(71)35(68)32(65)27(21-62)85-51)88-49-30(60-25(3)63)33(66)40(24(2)84-49)87-52-39(72)36(69)37(70)42(89-52)46(56)73/h24,27-45,49-53,59,62,65-72,78H,6-23H2,1-5H3,(H2,56,73)(H2,57,74)(H2,58,77)(H,60,63)(H,61,64)(H,75,76)(H,79,80)/t24-,27-,28-,29-,30-,31-,32-,33-,34-,35+,36+,37-,38-,39-,40-,41-,42+,43-,44-,45-,49+,50+,51-,52-,53-,55+/m1/s1. The lowest BCUT2D eigenvalue weighted by Gasteiger charge is -2.52. The Bertz CT molecular complexity index is 2450. The van der Waals surface area contributed by atoms with Crippen molar-refractivity contribution in [2.24, 2.45) is 17.2 Å². The molecule has 5 aliphatic heterocycles. The van der Waals surface area contributed by atoms with Crippen LogP contribution in [0.3, 0.4) is 0 Å². The number of hydrogen-bond donors (Lipinski definition) is 18. The highest BCUT2D eigenvalue weighted by molar-refractivity contribution is 7.47. The number of aliphatic hydroxyl groups excluding tert-OH is 9. The van der Waals surface area contributed by atoms with Crippen molar-refractivity contribution in [3.05, 3.63) is 0 Å². The average molecular weight is 1390 g/mol. The first-order valence-electron chi connectivity index (χ1n) is 31.2. The van der Waals surface area contributed by atoms with Gasteiger partial charge >= 0.3 is 19.9 Å². The van der Waals surface area contributed by atoms with Gasteiger partial charge in [0.2, 0.25) is 23.6 Å². The molecule has 21 N–H and O–H groups in total. The number of ether oxygens (including phenoxy) is 11. The number of phosphoric ester groups is 1. The number of aliphatic hydroxyl groups is 10. The summed E-state index contributed by atoms with van der Waals surface area (Å²) in [5, 5.41) is 128. The zero-order valence-electron chi connectivity index (χ0n) is 52.9. The van der Waals surface area contributed by atoms with Gasteiger partial charge in [0.05, 0.1) is 32.5 Å². The van der Waals surface area contributed by atoms with E-state index in [2.05, 4.69) is 22.9 Å². The summed E-state index contributed by atoms with van der Waals surface area (Å²) in [7, 11) is -5.78. The van der Waals surface area contributed by atoms with Gasteiger partial charge in [-0.3, -0.25) is 28.2 Å². The number of carbonyl (C=O) groups is 6. The molecule has 544 valence electrons. The van der Waals surface area contributed by atoms with Crippen molar-refractivity contribution in [3.63, 3.8) is 0 Å². The van der Waals surface area contributed by atoms with Crippen LogP contribution < -0.4 is 33.2 Å². The van der Waals surface area contributed by atoms with E-state index < -0.39 is 222 Å². The maximum atomic E-state index is 13.9. The van der Waals surface area contributed by atoms with Crippen LogP contribution in [0.4, 0.5) is 4.79 Å². The molecule has 0 radical (unpaired) electrons. The zero-order valence-corrected chi connectivity index (χ0v) is 53.8. The highest BCUT2D eigenvalue weighted by Gasteiger charge is 2.62. The summed E-state index contributed by atoms with van der Waals surface area (Å²) in [6, 6.07) is -3.88. The molecule has 1 unspecified atom stereocenters. The van der Waals surface area contributed by atoms with Crippen molar-refractivity contribution in [3.8, 4) is 0 Å². The lowest BCUT2D eigenvalue weighted by atomic mass is 9.85. The van der Waals surface area contributed by atoms with Crippen LogP contribution in [0.2, 0.25) is 0 Å². The number of nitrogens with two attached hydrogens (primary N) is 3. The molecule has 0 aromatic heterocycles. The Hall–Kier alpha value is -4.11. The van der Waals surface area contributed by atoms with Crippen LogP contribution in [0.15, 0.2) is 0 Å². The molecule has 5 rings (SSSR count). The quantitative estimate of drug-likeness (QED) is 0.0202. The number of phosphoric acid groups is 1. The minimum atomic E-state index is -5.78. The first kappa shape index (κ1) is 80.6. The van der Waals surface area contributed by atoms with Gasteiger partial charge in [0.15, 0.2) is 62.0 Å². The molecular formula is C55H97N6O32P. The maximum absolute atomic E-state index is 13.9. The third kappa shape index (κ3) is 22.5. The van der Waals surface area contributed by atoms with Gasteiger partial charge in [0.25, 0.3) is 0 Å². The van der Waals surface area contributed by atoms with Gasteiger partial charge in [-0.1, -0.05) is 77.6 Å². The summed E-state index contributed by atoms with van der Waals surface area (Å²) < 4.78 is 87.8. The van der Waals surface area contributed by atoms with E-state index in [0.29, 0.717) is 6.54 Å². The number of rotatable bonds is 38. The van der Waals surface area contributed by atoms with Gasteiger partial charge in [-0.25, -0.2) is 14.2 Å². The lowest BCUT2D eigenvalue weighted by Crippen LogP contribution is -2.72. The number of carbonyl (C=O) groups excluding carboxylic acids is 5. The monoisotopic (exact) mass is 1380 g/mol. The van der Waals surface area contributed by atoms with Crippen LogP contribution in [0.25, 0.3) is 0 Å². The Balaban J connectivity index is 1.41. The zero-order chi connectivity index (χ0) is 69.9. The number of carboxylic acids is 1. The van der Waals surface area contributed by atoms with Crippen LogP contribution in [-0.2, 0) is 89.7 Å². The van der Waals surface area contributed by atoms with Gasteiger partial charge in [-0.2, -0.15) is 0 Å². The fourth-order valence-electron chi connectivity index (χ4n) is 11.4. The largest absolute Gasteiger partial charge is 0.479 e. The number of carboxylic acid groups (broad SMARTS) is 1. The van der Waals surface area contributed by atoms with Crippen molar-refractivity contribution < 1.29 is 156 Å². The minimum Gasteiger partial charge on any atom is -0.479 e. The summed E-state index contributed by atoms with van der Waals surface area (Å²) >= 11 is 0. The van der Waals surface area contributed by atoms with Crippen molar-refractivity contribution in [1.29, 1.82) is 0 Å². The number of primary amides is 3. The van der Waals surface area contributed by atoms with E-state index in [1.54, 1.807) is 0 Å². The smallest absolute Gasteiger partial charge is 0.474 e. The predicted molar refractivity (Wildman–Crippen MR) is 312 cm³/mol. The molecule has 94 heavy (non-hydrogen) atoms. The van der Waals surface area contributed by atoms with Crippen LogP contribution in [-0.4, -0.2) is 295 Å². The number of amides is 5. The Morgan fingerprint density at radius 2 is 1.13 bits per heavy atom. The van der Waals surface area contributed by atoms with E-state index in [-0.39, 0.29) is 13.2 Å². The molecule has 5 saturated heterocycles. The van der Waals surface area contributed by atoms with Crippen LogP contribution in [0.1, 0.15) is 112 Å². The topological polar surface area (TPSA) is 596 Å². The molecule has 0 bridgehead atoms. The van der Waals surface area contributed by atoms with E-state index >= 15 is 0 Å². The predicted octanol–water partition coefficient (Wildman–Crippen LogP) is -6.23. The minimum absolute atomic E-state index is 0.167. The highest BCUT2D eigenvalue weighted by atomic mass is 31.2. The SMILES string of the molecule is CCCCCCCCCCCCCCNCCO[C@H](COP(=O)(O)O[C@H]1O[C@H](C(N)=O)[C@@](C)(O)[C@H](OC(N)=O)[C@H]1O[C@@H]1O[C@H](CO[C@@H]2O[C@H](CO)[C@@H](O)[C@H](O)[C@H]2O)[C@@H](O[C@@H]2O[C@H](C)[C@@H](O[C@@H]3O[C@H](C(N)=O)[C@H](O)[C@H](O)[C@H]3O)[C@H](O)[C@H]2NC(C)=O)[C@H](O)[C@H]1NC(C)=O)C(=O)O. The van der Waals surface area contributed by atoms with Gasteiger partial charge in [0.1, 0.15) is 90.9 Å². The maximum Gasteiger partial charge on any atom is 0.474 e. The number of aliphatic carboxylic acids is 1. The van der Waals surface area contributed by atoms with E-state index in [4.69, 9.17) is 78.4 Å². The second kappa shape index (κ2) is 37.7.